The molecule has 102 valence electrons. The lowest BCUT2D eigenvalue weighted by Crippen LogP contribution is -2.42. The topological polar surface area (TPSA) is 72.6 Å². The van der Waals surface area contributed by atoms with Crippen LogP contribution >= 0.6 is 11.8 Å². The monoisotopic (exact) mass is 280 g/mol. The van der Waals surface area contributed by atoms with E-state index in [4.69, 9.17) is 10.6 Å². The molecule has 0 unspecified atom stereocenters. The van der Waals surface area contributed by atoms with Crippen molar-refractivity contribution >= 4 is 23.6 Å². The summed E-state index contributed by atoms with van der Waals surface area (Å²) in [6.07, 6.45) is 0.314. The summed E-state index contributed by atoms with van der Waals surface area (Å²) in [6, 6.07) is 8.92. The largest absolute Gasteiger partial charge is 0.338 e. The summed E-state index contributed by atoms with van der Waals surface area (Å²) in [5, 5.41) is 0.802. The number of hydrogen-bond acceptors (Lipinski definition) is 5. The molecule has 1 aliphatic heterocycles. The van der Waals surface area contributed by atoms with E-state index >= 15 is 0 Å². The molecule has 19 heavy (non-hydrogen) atoms. The van der Waals surface area contributed by atoms with E-state index in [2.05, 4.69) is 0 Å². The first-order valence-corrected chi connectivity index (χ1v) is 7.07. The zero-order valence-electron chi connectivity index (χ0n) is 10.6. The molecule has 1 aliphatic rings. The molecule has 0 aromatic heterocycles. The number of nitrogens with two attached hydrogens (primary N) is 1. The van der Waals surface area contributed by atoms with E-state index in [0.717, 1.165) is 10.6 Å². The van der Waals surface area contributed by atoms with E-state index in [1.807, 2.05) is 30.3 Å². The summed E-state index contributed by atoms with van der Waals surface area (Å²) < 4.78 is 0. The smallest absolute Gasteiger partial charge is 0.329 e. The van der Waals surface area contributed by atoms with Crippen molar-refractivity contribution in [3.8, 4) is 0 Å². The van der Waals surface area contributed by atoms with Crippen LogP contribution in [0.4, 0.5) is 0 Å². The first kappa shape index (κ1) is 13.9. The summed E-state index contributed by atoms with van der Waals surface area (Å²) in [4.78, 5) is 28.3. The van der Waals surface area contributed by atoms with Gasteiger partial charge in [-0.3, -0.25) is 9.59 Å². The number of hydroxylamine groups is 2. The molecule has 2 N–H and O–H groups in total. The van der Waals surface area contributed by atoms with Gasteiger partial charge < -0.3 is 10.6 Å². The van der Waals surface area contributed by atoms with Gasteiger partial charge in [-0.2, -0.15) is 5.06 Å². The second kappa shape index (κ2) is 6.08. The van der Waals surface area contributed by atoms with Crippen molar-refractivity contribution in [2.24, 2.45) is 5.73 Å². The van der Waals surface area contributed by atoms with Crippen LogP contribution in [0.2, 0.25) is 0 Å². The van der Waals surface area contributed by atoms with E-state index in [1.165, 1.54) is 18.7 Å². The minimum Gasteiger partial charge on any atom is -0.338 e. The van der Waals surface area contributed by atoms with Crippen LogP contribution in [0.5, 0.6) is 0 Å². The maximum atomic E-state index is 12.1. The number of rotatable bonds is 2. The first-order chi connectivity index (χ1) is 9.09. The van der Waals surface area contributed by atoms with Gasteiger partial charge in [0.25, 0.3) is 5.91 Å². The molecule has 1 heterocycles. The molecule has 2 atom stereocenters. The van der Waals surface area contributed by atoms with Crippen LogP contribution < -0.4 is 5.73 Å². The van der Waals surface area contributed by atoms with Crippen LogP contribution in [-0.4, -0.2) is 28.1 Å². The van der Waals surface area contributed by atoms with Crippen LogP contribution in [0.15, 0.2) is 30.3 Å². The number of amides is 1. The highest BCUT2D eigenvalue weighted by molar-refractivity contribution is 7.99. The molecule has 0 saturated carbocycles. The van der Waals surface area contributed by atoms with Gasteiger partial charge in [0.05, 0.1) is 5.37 Å². The van der Waals surface area contributed by atoms with Gasteiger partial charge in [-0.15, -0.1) is 11.8 Å². The van der Waals surface area contributed by atoms with Gasteiger partial charge in [0.1, 0.15) is 6.04 Å². The van der Waals surface area contributed by atoms with Crippen molar-refractivity contribution in [3.63, 3.8) is 0 Å². The van der Waals surface area contributed by atoms with Gasteiger partial charge in [-0.1, -0.05) is 30.3 Å². The van der Waals surface area contributed by atoms with E-state index in [-0.39, 0.29) is 11.3 Å². The van der Waals surface area contributed by atoms with Crippen molar-refractivity contribution in [1.29, 1.82) is 0 Å². The number of hydrogen-bond donors (Lipinski definition) is 1. The Morgan fingerprint density at radius 2 is 2.11 bits per heavy atom. The van der Waals surface area contributed by atoms with E-state index in [1.54, 1.807) is 0 Å². The van der Waals surface area contributed by atoms with Gasteiger partial charge in [-0.05, 0) is 5.56 Å². The Balaban J connectivity index is 2.36. The molecule has 5 nitrogen and oxygen atoms in total. The summed E-state index contributed by atoms with van der Waals surface area (Å²) in [6.45, 7) is 1.28. The Morgan fingerprint density at radius 3 is 2.74 bits per heavy atom. The lowest BCUT2D eigenvalue weighted by molar-refractivity contribution is -0.206. The lowest BCUT2D eigenvalue weighted by atomic mass is 10.1. The number of thioether (sulfide) groups is 1. The lowest BCUT2D eigenvalue weighted by Gasteiger charge is -2.30. The predicted octanol–water partition coefficient (Wildman–Crippen LogP) is 1.46. The van der Waals surface area contributed by atoms with E-state index < -0.39 is 12.0 Å². The average molecular weight is 280 g/mol. The van der Waals surface area contributed by atoms with Gasteiger partial charge in [0.2, 0.25) is 0 Å². The van der Waals surface area contributed by atoms with Crippen molar-refractivity contribution in [3.05, 3.63) is 35.9 Å². The van der Waals surface area contributed by atoms with Gasteiger partial charge >= 0.3 is 5.97 Å². The maximum Gasteiger partial charge on any atom is 0.329 e. The molecule has 0 aliphatic carbocycles. The highest BCUT2D eigenvalue weighted by Gasteiger charge is 2.35. The molecule has 0 spiro atoms. The number of benzene rings is 1. The van der Waals surface area contributed by atoms with Crippen molar-refractivity contribution in [1.82, 2.24) is 5.06 Å². The van der Waals surface area contributed by atoms with Crippen LogP contribution in [0.1, 0.15) is 24.9 Å². The molecule has 1 saturated heterocycles. The fourth-order valence-electron chi connectivity index (χ4n) is 1.99. The molecular formula is C13H16N2O3S. The SMILES string of the molecule is CC(=O)ON1C(=O)CCS[C@@H](N)[C@H]1c1ccccc1. The maximum absolute atomic E-state index is 12.1. The minimum absolute atomic E-state index is 0.218. The zero-order chi connectivity index (χ0) is 13.8. The Bertz CT molecular complexity index is 466. The Morgan fingerprint density at radius 1 is 1.42 bits per heavy atom. The highest BCUT2D eigenvalue weighted by Crippen LogP contribution is 2.33. The Hall–Kier alpha value is -1.53. The quantitative estimate of drug-likeness (QED) is 0.888. The van der Waals surface area contributed by atoms with E-state index in [9.17, 15) is 9.59 Å². The third kappa shape index (κ3) is 3.27. The van der Waals surface area contributed by atoms with Gasteiger partial charge in [0, 0.05) is 19.1 Å². The Labute approximate surface area is 116 Å². The molecule has 1 aromatic carbocycles. The predicted molar refractivity (Wildman–Crippen MR) is 72.8 cm³/mol. The molecular weight excluding hydrogens is 264 g/mol. The van der Waals surface area contributed by atoms with Crippen molar-refractivity contribution in [2.75, 3.05) is 5.75 Å². The minimum atomic E-state index is -0.520. The molecule has 1 fully saturated rings. The third-order valence-electron chi connectivity index (χ3n) is 2.80. The summed E-state index contributed by atoms with van der Waals surface area (Å²) in [5.41, 5.74) is 6.98. The van der Waals surface area contributed by atoms with Crippen LogP contribution in [-0.2, 0) is 14.4 Å². The highest BCUT2D eigenvalue weighted by atomic mass is 32.2. The fourth-order valence-corrected chi connectivity index (χ4v) is 3.01. The molecule has 2 rings (SSSR count). The molecule has 0 radical (unpaired) electrons. The van der Waals surface area contributed by atoms with Crippen LogP contribution in [0, 0.1) is 0 Å². The molecule has 1 aromatic rings. The zero-order valence-corrected chi connectivity index (χ0v) is 11.4. The van der Waals surface area contributed by atoms with Crippen molar-refractivity contribution < 1.29 is 14.4 Å². The average Bonchev–Trinajstić information content (AvgIpc) is 2.50. The van der Waals surface area contributed by atoms with E-state index in [0.29, 0.717) is 12.2 Å². The third-order valence-corrected chi connectivity index (χ3v) is 3.89. The van der Waals surface area contributed by atoms with Gasteiger partial charge in [0.15, 0.2) is 0 Å². The second-order valence-electron chi connectivity index (χ2n) is 4.24. The summed E-state index contributed by atoms with van der Waals surface area (Å²) >= 11 is 1.50. The Kier molecular flexibility index (Phi) is 4.44. The standard InChI is InChI=1S/C13H16N2O3S/c1-9(16)18-15-11(17)7-8-19-13(14)12(15)10-5-3-2-4-6-10/h2-6,12-13H,7-8,14H2,1H3/t12-,13-/m1/s1. The first-order valence-electron chi connectivity index (χ1n) is 6.02. The van der Waals surface area contributed by atoms with Crippen molar-refractivity contribution in [2.45, 2.75) is 24.8 Å². The molecule has 0 bridgehead atoms. The van der Waals surface area contributed by atoms with Gasteiger partial charge in [-0.25, -0.2) is 0 Å². The second-order valence-corrected chi connectivity index (χ2v) is 5.53. The number of nitrogens with zero attached hydrogens (tertiary/aromatic N) is 1. The number of carbonyl (C=O) groups excluding carboxylic acids is 2. The molecule has 6 heteroatoms. The normalized spacial score (nSPS) is 23.9. The van der Waals surface area contributed by atoms with Crippen LogP contribution in [0.25, 0.3) is 0 Å². The van der Waals surface area contributed by atoms with Crippen LogP contribution in [0.3, 0.4) is 0 Å². The number of carbonyl (C=O) groups is 2. The summed E-state index contributed by atoms with van der Waals surface area (Å²) in [7, 11) is 0. The summed E-state index contributed by atoms with van der Waals surface area (Å²) in [5.74, 6) is -0.112. The molecule has 1 amide bonds. The fraction of sp³-hybridized carbons (Fsp3) is 0.385.